The van der Waals surface area contributed by atoms with E-state index in [1.54, 1.807) is 19.4 Å². The zero-order valence-corrected chi connectivity index (χ0v) is 28.9. The average Bonchev–Trinajstić information content (AvgIpc) is 3.91. The summed E-state index contributed by atoms with van der Waals surface area (Å²) in [6.07, 6.45) is 5.93. The van der Waals surface area contributed by atoms with E-state index < -0.39 is 17.5 Å². The van der Waals surface area contributed by atoms with Gasteiger partial charge in [0.25, 0.3) is 0 Å². The maximum atomic E-state index is 17.5. The molecule has 3 aromatic heterocycles. The Hall–Kier alpha value is -3.74. The number of halogens is 2. The van der Waals surface area contributed by atoms with Crippen molar-refractivity contribution >= 4 is 43.1 Å². The van der Waals surface area contributed by atoms with Gasteiger partial charge in [0.05, 0.1) is 35.4 Å². The minimum Gasteiger partial charge on any atom is -0.461 e. The highest BCUT2D eigenvalue weighted by molar-refractivity contribution is 7.23. The summed E-state index contributed by atoms with van der Waals surface area (Å²) in [5.74, 6) is 0.114. The number of methoxy groups -OCH3 is 1. The smallest absolute Gasteiger partial charge is 0.319 e. The molecule has 0 radical (unpaired) electrons. The predicted octanol–water partition coefficient (Wildman–Crippen LogP) is 5.17. The first-order chi connectivity index (χ1) is 24.4. The number of aromatic nitrogens is 3. The third kappa shape index (κ3) is 5.04. The highest BCUT2D eigenvalue weighted by atomic mass is 32.1. The van der Waals surface area contributed by atoms with E-state index in [-0.39, 0.29) is 54.6 Å². The predicted molar refractivity (Wildman–Crippen MR) is 186 cm³/mol. The van der Waals surface area contributed by atoms with Crippen LogP contribution < -0.4 is 15.4 Å². The lowest BCUT2D eigenvalue weighted by molar-refractivity contribution is 0.107. The van der Waals surface area contributed by atoms with Crippen molar-refractivity contribution in [2.24, 2.45) is 0 Å². The number of nitrogens with zero attached hydrogens (tertiary/aromatic N) is 7. The van der Waals surface area contributed by atoms with Crippen LogP contribution >= 0.6 is 11.3 Å². The molecule has 4 saturated heterocycles. The second-order valence-electron chi connectivity index (χ2n) is 14.4. The number of fused-ring (bicyclic) bond motifs is 7. The van der Waals surface area contributed by atoms with Crippen molar-refractivity contribution in [3.63, 3.8) is 0 Å². The summed E-state index contributed by atoms with van der Waals surface area (Å²) in [5.41, 5.74) is 8.40. The van der Waals surface area contributed by atoms with Crippen molar-refractivity contribution in [3.05, 3.63) is 34.8 Å². The summed E-state index contributed by atoms with van der Waals surface area (Å²) < 4.78 is 50.7. The second-order valence-corrected chi connectivity index (χ2v) is 15.5. The number of nitriles is 1. The Balaban J connectivity index is 1.20. The minimum atomic E-state index is -0.898. The van der Waals surface area contributed by atoms with E-state index in [1.165, 1.54) is 11.3 Å². The molecule has 9 rings (SSSR count). The summed E-state index contributed by atoms with van der Waals surface area (Å²) in [6.45, 7) is 5.37. The van der Waals surface area contributed by atoms with Gasteiger partial charge in [0, 0.05) is 80.2 Å². The Kier molecular flexibility index (Phi) is 8.04. The fraction of sp³-hybridized carbons (Fsp3) is 0.556. The van der Waals surface area contributed by atoms with E-state index in [1.807, 2.05) is 0 Å². The van der Waals surface area contributed by atoms with Gasteiger partial charge in [0.1, 0.15) is 35.2 Å². The van der Waals surface area contributed by atoms with Gasteiger partial charge in [-0.3, -0.25) is 14.8 Å². The molecule has 2 unspecified atom stereocenters. The molecule has 0 saturated carbocycles. The molecule has 0 amide bonds. The van der Waals surface area contributed by atoms with Gasteiger partial charge in [-0.05, 0) is 55.8 Å². The van der Waals surface area contributed by atoms with Crippen LogP contribution in [0.15, 0.2) is 12.3 Å². The number of alkyl halides is 1. The third-order valence-electron chi connectivity index (χ3n) is 11.6. The fourth-order valence-corrected chi connectivity index (χ4v) is 10.4. The molecule has 4 fully saturated rings. The number of nitrogen functional groups attached to an aromatic ring is 1. The van der Waals surface area contributed by atoms with Crippen molar-refractivity contribution in [1.29, 1.82) is 5.26 Å². The third-order valence-corrected chi connectivity index (χ3v) is 12.6. The minimum absolute atomic E-state index is 0.0883. The molecule has 262 valence electrons. The van der Waals surface area contributed by atoms with Gasteiger partial charge in [0.15, 0.2) is 5.82 Å². The molecular weight excluding hydrogens is 663 g/mol. The largest absolute Gasteiger partial charge is 0.461 e. The average molecular weight is 703 g/mol. The Morgan fingerprint density at radius 2 is 1.98 bits per heavy atom. The number of hydrogen-bond acceptors (Lipinski definition) is 12. The van der Waals surface area contributed by atoms with E-state index in [0.29, 0.717) is 45.8 Å². The number of thiophene rings is 1. The zero-order valence-electron chi connectivity index (χ0n) is 28.1. The van der Waals surface area contributed by atoms with Crippen LogP contribution in [0.25, 0.3) is 32.2 Å². The van der Waals surface area contributed by atoms with E-state index in [0.717, 1.165) is 75.2 Å². The van der Waals surface area contributed by atoms with Crippen LogP contribution in [0.1, 0.15) is 55.2 Å². The number of nitrogens with two attached hydrogens (primary N) is 1. The Morgan fingerprint density at radius 1 is 1.16 bits per heavy atom. The van der Waals surface area contributed by atoms with Crippen LogP contribution in [0, 0.1) is 17.1 Å². The van der Waals surface area contributed by atoms with Gasteiger partial charge in [-0.2, -0.15) is 15.2 Å². The number of pyridine rings is 1. The summed E-state index contributed by atoms with van der Waals surface area (Å²) in [6, 6.07) is 4.48. The van der Waals surface area contributed by atoms with E-state index >= 15 is 4.39 Å². The van der Waals surface area contributed by atoms with Gasteiger partial charge in [0.2, 0.25) is 0 Å². The molecule has 4 atom stereocenters. The molecule has 2 bridgehead atoms. The van der Waals surface area contributed by atoms with Crippen molar-refractivity contribution in [3.8, 4) is 23.3 Å². The van der Waals surface area contributed by atoms with Crippen LogP contribution in [0.5, 0.6) is 6.01 Å². The molecule has 50 heavy (non-hydrogen) atoms. The quantitative estimate of drug-likeness (QED) is 0.232. The Labute approximate surface area is 292 Å². The summed E-state index contributed by atoms with van der Waals surface area (Å²) in [4.78, 5) is 21.6. The monoisotopic (exact) mass is 702 g/mol. The lowest BCUT2D eigenvalue weighted by Gasteiger charge is -2.42. The normalized spacial score (nSPS) is 26.3. The molecule has 0 aliphatic carbocycles. The number of ether oxygens (including phenoxy) is 3. The Morgan fingerprint density at radius 3 is 2.78 bits per heavy atom. The van der Waals surface area contributed by atoms with Crippen LogP contribution in [0.3, 0.4) is 0 Å². The number of anilines is 2. The number of rotatable bonds is 9. The molecule has 5 aliphatic heterocycles. The van der Waals surface area contributed by atoms with Crippen LogP contribution in [0.2, 0.25) is 0 Å². The standard InChI is InChI=1S/C36H40F2N8O3S/c1-47-11-3-9-44-15-21-4-5-22(16-44)46(21)34-29-25-18-48-17-24(25)28(31-27-23(13-39)33(40)50-26(27)6-8-41-31)30(38)32(29)42-35(43-34)49-19-36-7-2-10-45(36)14-20(37)12-36/h6,8,20-22H,2-5,7,9-12,14-19,40H2,1H3/t20-,21?,22?,36+/m1/s1. The first-order valence-corrected chi connectivity index (χ1v) is 18.4. The van der Waals surface area contributed by atoms with Crippen molar-refractivity contribution in [2.45, 2.75) is 75.5 Å². The summed E-state index contributed by atoms with van der Waals surface area (Å²) >= 11 is 1.29. The molecule has 14 heteroatoms. The second kappa shape index (κ2) is 12.5. The lowest BCUT2D eigenvalue weighted by atomic mass is 9.93. The van der Waals surface area contributed by atoms with Crippen molar-refractivity contribution < 1.29 is 23.0 Å². The van der Waals surface area contributed by atoms with Crippen molar-refractivity contribution in [2.75, 3.05) is 63.7 Å². The molecule has 8 heterocycles. The maximum absolute atomic E-state index is 17.5. The van der Waals surface area contributed by atoms with Crippen molar-refractivity contribution in [1.82, 2.24) is 24.8 Å². The van der Waals surface area contributed by atoms with E-state index in [9.17, 15) is 9.65 Å². The number of piperazine rings is 1. The molecule has 11 nitrogen and oxygen atoms in total. The van der Waals surface area contributed by atoms with Gasteiger partial charge >= 0.3 is 6.01 Å². The van der Waals surface area contributed by atoms with Gasteiger partial charge in [-0.15, -0.1) is 11.3 Å². The topological polar surface area (TPSA) is 126 Å². The fourth-order valence-electron chi connectivity index (χ4n) is 9.45. The number of hydrogen-bond donors (Lipinski definition) is 1. The number of benzene rings is 1. The highest BCUT2D eigenvalue weighted by Crippen LogP contribution is 2.48. The maximum Gasteiger partial charge on any atom is 0.319 e. The molecule has 1 aromatic carbocycles. The molecule has 2 N–H and O–H groups in total. The zero-order chi connectivity index (χ0) is 34.1. The van der Waals surface area contributed by atoms with Gasteiger partial charge < -0.3 is 24.8 Å². The first kappa shape index (κ1) is 32.2. The summed E-state index contributed by atoms with van der Waals surface area (Å²) in [5, 5.41) is 11.6. The molecule has 4 aromatic rings. The van der Waals surface area contributed by atoms with Crippen LogP contribution in [0.4, 0.5) is 19.6 Å². The molecule has 0 spiro atoms. The number of likely N-dealkylation sites (tertiary alicyclic amines) is 1. The molecular formula is C36H40F2N8O3S. The Bertz CT molecular complexity index is 2020. The first-order valence-electron chi connectivity index (χ1n) is 17.6. The molecule has 5 aliphatic rings. The van der Waals surface area contributed by atoms with E-state index in [2.05, 4.69) is 25.8 Å². The highest BCUT2D eigenvalue weighted by Gasteiger charge is 2.50. The SMILES string of the molecule is COCCCN1CC2CCC(C1)N2c1nc(OC[C@@]23CCCN2C[C@H](F)C3)nc2c(F)c(-c3nccc4sc(N)c(C#N)c34)c3c(c12)COC3. The van der Waals surface area contributed by atoms with E-state index in [4.69, 9.17) is 29.9 Å². The summed E-state index contributed by atoms with van der Waals surface area (Å²) in [7, 11) is 1.73. The van der Waals surface area contributed by atoms with Gasteiger partial charge in [-0.25, -0.2) is 8.78 Å². The van der Waals surface area contributed by atoms with Crippen LogP contribution in [-0.2, 0) is 22.7 Å². The van der Waals surface area contributed by atoms with Gasteiger partial charge in [-0.1, -0.05) is 0 Å². The van der Waals surface area contributed by atoms with Crippen LogP contribution in [-0.4, -0.2) is 102 Å². The lowest BCUT2D eigenvalue weighted by Crippen LogP contribution is -2.54.